The van der Waals surface area contributed by atoms with E-state index in [4.69, 9.17) is 4.42 Å². The maximum atomic E-state index is 6.51. The molecule has 10 aromatic carbocycles. The van der Waals surface area contributed by atoms with Gasteiger partial charge in [-0.2, -0.15) is 0 Å². The van der Waals surface area contributed by atoms with Crippen LogP contribution < -0.4 is 4.90 Å². The Bertz CT molecular complexity index is 3560. The first kappa shape index (κ1) is 34.9. The summed E-state index contributed by atoms with van der Waals surface area (Å²) < 4.78 is 8.91. The van der Waals surface area contributed by atoms with Gasteiger partial charge in [-0.1, -0.05) is 146 Å². The zero-order valence-electron chi connectivity index (χ0n) is 33.2. The molecule has 0 aliphatic rings. The summed E-state index contributed by atoms with van der Waals surface area (Å²) in [6.45, 7) is 0. The van der Waals surface area contributed by atoms with E-state index in [2.05, 4.69) is 240 Å². The van der Waals surface area contributed by atoms with Crippen molar-refractivity contribution in [1.82, 2.24) is 4.57 Å². The number of aromatic nitrogens is 1. The molecule has 3 heteroatoms. The maximum absolute atomic E-state index is 6.51. The predicted molar refractivity (Wildman–Crippen MR) is 257 cm³/mol. The Kier molecular flexibility index (Phi) is 8.17. The lowest BCUT2D eigenvalue weighted by Gasteiger charge is -2.25. The van der Waals surface area contributed by atoms with Gasteiger partial charge in [0.1, 0.15) is 11.2 Å². The number of hydrogen-bond acceptors (Lipinski definition) is 2. The molecule has 0 amide bonds. The van der Waals surface area contributed by atoms with Crippen molar-refractivity contribution >= 4 is 71.6 Å². The summed E-state index contributed by atoms with van der Waals surface area (Å²) in [5, 5.41) is 7.14. The second-order valence-corrected chi connectivity index (χ2v) is 15.7. The standard InChI is InChI=1S/C58H38N2O/c1-4-14-40(15-5-1)50-24-13-25-55-58(50)53-37-42(28-33-54(53)60(55)45-20-8-3-9-21-45)43-29-34-56-51(36-43)52-38-47(32-35-57(52)61-56)59(44-18-6-2-7-19-44)46-30-26-41(27-31-46)49-23-12-17-39-16-10-11-22-48(39)49/h1-38H. The van der Waals surface area contributed by atoms with Crippen molar-refractivity contribution in [3.05, 3.63) is 231 Å². The summed E-state index contributed by atoms with van der Waals surface area (Å²) in [5.41, 5.74) is 15.6. The monoisotopic (exact) mass is 778 g/mol. The van der Waals surface area contributed by atoms with Crippen molar-refractivity contribution in [2.45, 2.75) is 0 Å². The molecule has 3 nitrogen and oxygen atoms in total. The van der Waals surface area contributed by atoms with E-state index in [-0.39, 0.29) is 0 Å². The third-order valence-corrected chi connectivity index (χ3v) is 12.2. The van der Waals surface area contributed by atoms with E-state index in [1.54, 1.807) is 0 Å². The Morgan fingerprint density at radius 2 is 0.885 bits per heavy atom. The fourth-order valence-corrected chi connectivity index (χ4v) is 9.34. The highest BCUT2D eigenvalue weighted by Gasteiger charge is 2.19. The van der Waals surface area contributed by atoms with Crippen LogP contribution in [0, 0.1) is 0 Å². The smallest absolute Gasteiger partial charge is 0.135 e. The molecule has 0 fully saturated rings. The van der Waals surface area contributed by atoms with Crippen LogP contribution in [0.4, 0.5) is 17.1 Å². The minimum atomic E-state index is 0.865. The van der Waals surface area contributed by atoms with Gasteiger partial charge in [-0.25, -0.2) is 0 Å². The number of nitrogens with zero attached hydrogens (tertiary/aromatic N) is 2. The van der Waals surface area contributed by atoms with Crippen LogP contribution in [0.2, 0.25) is 0 Å². The van der Waals surface area contributed by atoms with Gasteiger partial charge in [0.15, 0.2) is 0 Å². The fraction of sp³-hybridized carbons (Fsp3) is 0. The topological polar surface area (TPSA) is 21.3 Å². The van der Waals surface area contributed by atoms with Gasteiger partial charge >= 0.3 is 0 Å². The first-order valence-electron chi connectivity index (χ1n) is 20.8. The molecule has 0 saturated carbocycles. The minimum absolute atomic E-state index is 0.865. The van der Waals surface area contributed by atoms with Crippen LogP contribution in [0.1, 0.15) is 0 Å². The van der Waals surface area contributed by atoms with E-state index in [1.807, 2.05) is 0 Å². The van der Waals surface area contributed by atoms with Crippen molar-refractivity contribution in [3.8, 4) is 39.1 Å². The van der Waals surface area contributed by atoms with E-state index in [1.165, 1.54) is 54.8 Å². The van der Waals surface area contributed by atoms with E-state index in [0.29, 0.717) is 0 Å². The molecular formula is C58H38N2O. The van der Waals surface area contributed by atoms with Crippen LogP contribution in [-0.2, 0) is 0 Å². The molecule has 286 valence electrons. The van der Waals surface area contributed by atoms with Gasteiger partial charge in [-0.05, 0) is 129 Å². The summed E-state index contributed by atoms with van der Waals surface area (Å²) in [6, 6.07) is 82.8. The van der Waals surface area contributed by atoms with Gasteiger partial charge in [0.25, 0.3) is 0 Å². The highest BCUT2D eigenvalue weighted by atomic mass is 16.3. The largest absolute Gasteiger partial charge is 0.456 e. The number of anilines is 3. The van der Waals surface area contributed by atoms with Crippen LogP contribution in [0.5, 0.6) is 0 Å². The first-order chi connectivity index (χ1) is 30.2. The van der Waals surface area contributed by atoms with Crippen molar-refractivity contribution in [2.75, 3.05) is 4.90 Å². The summed E-state index contributed by atoms with van der Waals surface area (Å²) in [7, 11) is 0. The highest BCUT2D eigenvalue weighted by molar-refractivity contribution is 6.17. The quantitative estimate of drug-likeness (QED) is 0.161. The van der Waals surface area contributed by atoms with Gasteiger partial charge in [0.2, 0.25) is 0 Å². The fourth-order valence-electron chi connectivity index (χ4n) is 9.34. The van der Waals surface area contributed by atoms with Crippen molar-refractivity contribution < 1.29 is 4.42 Å². The molecule has 0 unspecified atom stereocenters. The number of hydrogen-bond donors (Lipinski definition) is 0. The lowest BCUT2D eigenvalue weighted by atomic mass is 9.97. The Labute approximate surface area is 353 Å². The number of fused-ring (bicyclic) bond motifs is 7. The normalized spacial score (nSPS) is 11.6. The van der Waals surface area contributed by atoms with Crippen molar-refractivity contribution in [1.29, 1.82) is 0 Å². The van der Waals surface area contributed by atoms with Gasteiger partial charge in [-0.3, -0.25) is 0 Å². The molecule has 0 radical (unpaired) electrons. The molecule has 0 aliphatic heterocycles. The highest BCUT2D eigenvalue weighted by Crippen LogP contribution is 2.43. The number of furan rings is 1. The summed E-state index contributed by atoms with van der Waals surface area (Å²) in [5.74, 6) is 0. The van der Waals surface area contributed by atoms with Crippen molar-refractivity contribution in [2.24, 2.45) is 0 Å². The molecule has 0 aliphatic carbocycles. The minimum Gasteiger partial charge on any atom is -0.456 e. The molecule has 0 saturated heterocycles. The molecule has 0 N–H and O–H groups in total. The molecule has 12 aromatic rings. The van der Waals surface area contributed by atoms with Crippen LogP contribution in [0.15, 0.2) is 235 Å². The van der Waals surface area contributed by atoms with Crippen LogP contribution in [0.3, 0.4) is 0 Å². The average molecular weight is 779 g/mol. The number of benzene rings is 10. The van der Waals surface area contributed by atoms with E-state index in [9.17, 15) is 0 Å². The first-order valence-corrected chi connectivity index (χ1v) is 20.8. The molecule has 0 atom stereocenters. The Hall–Kier alpha value is -8.14. The second kappa shape index (κ2) is 14.3. The molecule has 0 bridgehead atoms. The zero-order valence-corrected chi connectivity index (χ0v) is 33.2. The average Bonchev–Trinajstić information content (AvgIpc) is 3.87. The lowest BCUT2D eigenvalue weighted by Crippen LogP contribution is -2.09. The Morgan fingerprint density at radius 1 is 0.328 bits per heavy atom. The van der Waals surface area contributed by atoms with Crippen molar-refractivity contribution in [3.63, 3.8) is 0 Å². The van der Waals surface area contributed by atoms with Gasteiger partial charge in [0.05, 0.1) is 11.0 Å². The molecule has 2 aromatic heterocycles. The third kappa shape index (κ3) is 5.90. The van der Waals surface area contributed by atoms with Gasteiger partial charge in [-0.15, -0.1) is 0 Å². The Morgan fingerprint density at radius 3 is 1.69 bits per heavy atom. The second-order valence-electron chi connectivity index (χ2n) is 15.7. The maximum Gasteiger partial charge on any atom is 0.135 e. The molecular weight excluding hydrogens is 741 g/mol. The van der Waals surface area contributed by atoms with Crippen LogP contribution in [-0.4, -0.2) is 4.57 Å². The van der Waals surface area contributed by atoms with E-state index >= 15 is 0 Å². The summed E-state index contributed by atoms with van der Waals surface area (Å²) in [4.78, 5) is 2.33. The van der Waals surface area contributed by atoms with Crippen LogP contribution in [0.25, 0.3) is 93.6 Å². The summed E-state index contributed by atoms with van der Waals surface area (Å²) >= 11 is 0. The molecule has 12 rings (SSSR count). The number of para-hydroxylation sites is 2. The molecule has 61 heavy (non-hydrogen) atoms. The van der Waals surface area contributed by atoms with E-state index in [0.717, 1.165) is 55.8 Å². The van der Waals surface area contributed by atoms with Gasteiger partial charge < -0.3 is 13.9 Å². The molecule has 2 heterocycles. The number of rotatable bonds is 7. The lowest BCUT2D eigenvalue weighted by molar-refractivity contribution is 0.669. The zero-order chi connectivity index (χ0) is 40.3. The summed E-state index contributed by atoms with van der Waals surface area (Å²) in [6.07, 6.45) is 0. The Balaban J connectivity index is 0.986. The van der Waals surface area contributed by atoms with E-state index < -0.39 is 0 Å². The SMILES string of the molecule is c1ccc(-c2cccc3c2c2cc(-c4ccc5oc6ccc(N(c7ccccc7)c7ccc(-c8cccc9ccccc89)cc7)cc6c5c4)ccc2n3-c2ccccc2)cc1. The van der Waals surface area contributed by atoms with Gasteiger partial charge in [0, 0.05) is 44.3 Å². The third-order valence-electron chi connectivity index (χ3n) is 12.2. The molecule has 0 spiro atoms. The van der Waals surface area contributed by atoms with Crippen LogP contribution >= 0.6 is 0 Å². The predicted octanol–water partition coefficient (Wildman–Crippen LogP) is 16.3.